The molecule has 26 heavy (non-hydrogen) atoms. The Balaban J connectivity index is 1.71. The predicted octanol–water partition coefficient (Wildman–Crippen LogP) is 2.52. The number of fused-ring (bicyclic) bond motifs is 1. The van der Waals surface area contributed by atoms with Crippen LogP contribution >= 0.6 is 0 Å². The molecule has 0 aliphatic rings. The zero-order valence-electron chi connectivity index (χ0n) is 14.0. The minimum Gasteiger partial charge on any atom is -0.294 e. The van der Waals surface area contributed by atoms with E-state index in [2.05, 4.69) is 21.3 Å². The number of aryl methyl sites for hydroxylation is 1. The summed E-state index contributed by atoms with van der Waals surface area (Å²) < 4.78 is 3.28. The first kappa shape index (κ1) is 15.7. The van der Waals surface area contributed by atoms with E-state index in [1.165, 1.54) is 6.20 Å². The Morgan fingerprint density at radius 3 is 3.00 bits per heavy atom. The molecule has 126 valence electrons. The fourth-order valence-electron chi connectivity index (χ4n) is 2.89. The van der Waals surface area contributed by atoms with E-state index in [4.69, 9.17) is 5.26 Å². The van der Waals surface area contributed by atoms with Crippen LogP contribution in [-0.2, 0) is 6.42 Å². The highest BCUT2D eigenvalue weighted by molar-refractivity contribution is 6.02. The van der Waals surface area contributed by atoms with E-state index < -0.39 is 0 Å². The summed E-state index contributed by atoms with van der Waals surface area (Å²) in [6, 6.07) is 12.9. The van der Waals surface area contributed by atoms with E-state index in [0.29, 0.717) is 16.8 Å². The van der Waals surface area contributed by atoms with Crippen molar-refractivity contribution in [1.29, 1.82) is 5.26 Å². The van der Waals surface area contributed by atoms with E-state index in [1.807, 2.05) is 19.1 Å². The lowest BCUT2D eigenvalue weighted by molar-refractivity contribution is 0.0992. The molecule has 3 aromatic heterocycles. The number of ketones is 1. The third-order valence-corrected chi connectivity index (χ3v) is 4.05. The lowest BCUT2D eigenvalue weighted by atomic mass is 10.1. The van der Waals surface area contributed by atoms with E-state index in [-0.39, 0.29) is 12.2 Å². The van der Waals surface area contributed by atoms with E-state index in [1.54, 1.807) is 45.9 Å². The number of Topliss-reactive ketones (excluding diaryl/α,β-unsaturated/α-hetero) is 1. The fraction of sp³-hybridized carbons (Fsp3) is 0.105. The summed E-state index contributed by atoms with van der Waals surface area (Å²) in [5.41, 5.74) is 3.84. The summed E-state index contributed by atoms with van der Waals surface area (Å²) in [7, 11) is 0. The number of benzene rings is 1. The molecular weight excluding hydrogens is 328 g/mol. The number of nitrogens with zero attached hydrogens (tertiary/aromatic N) is 6. The van der Waals surface area contributed by atoms with Crippen LogP contribution in [0.4, 0.5) is 0 Å². The monoisotopic (exact) mass is 342 g/mol. The van der Waals surface area contributed by atoms with Crippen LogP contribution in [0.1, 0.15) is 27.3 Å². The Bertz CT molecular complexity index is 1160. The van der Waals surface area contributed by atoms with Crippen molar-refractivity contribution >= 4 is 11.4 Å². The van der Waals surface area contributed by atoms with Gasteiger partial charge in [-0.3, -0.25) is 4.79 Å². The molecular formula is C19H14N6O. The second kappa shape index (κ2) is 6.26. The van der Waals surface area contributed by atoms with Gasteiger partial charge in [-0.25, -0.2) is 14.2 Å². The number of aromatic nitrogens is 5. The largest absolute Gasteiger partial charge is 0.294 e. The lowest BCUT2D eigenvalue weighted by Crippen LogP contribution is -2.09. The molecule has 0 saturated heterocycles. The molecule has 1 aromatic carbocycles. The van der Waals surface area contributed by atoms with Gasteiger partial charge in [0.1, 0.15) is 0 Å². The molecule has 0 saturated carbocycles. The van der Waals surface area contributed by atoms with E-state index >= 15 is 0 Å². The molecule has 7 heteroatoms. The number of hydrogen-bond donors (Lipinski definition) is 0. The Hall–Kier alpha value is -3.79. The van der Waals surface area contributed by atoms with Crippen molar-refractivity contribution < 1.29 is 4.79 Å². The molecule has 3 heterocycles. The van der Waals surface area contributed by atoms with Crippen LogP contribution in [0.25, 0.3) is 11.3 Å². The Labute approximate surface area is 149 Å². The van der Waals surface area contributed by atoms with E-state index in [9.17, 15) is 4.79 Å². The first-order valence-electron chi connectivity index (χ1n) is 8.03. The molecule has 0 spiro atoms. The van der Waals surface area contributed by atoms with Crippen LogP contribution in [0.2, 0.25) is 0 Å². The maximum absolute atomic E-state index is 12.8. The Morgan fingerprint density at radius 2 is 2.15 bits per heavy atom. The van der Waals surface area contributed by atoms with Gasteiger partial charge < -0.3 is 0 Å². The van der Waals surface area contributed by atoms with E-state index in [0.717, 1.165) is 17.1 Å². The van der Waals surface area contributed by atoms with Gasteiger partial charge in [-0.05, 0) is 37.3 Å². The first-order valence-corrected chi connectivity index (χ1v) is 8.03. The number of nitriles is 1. The van der Waals surface area contributed by atoms with Gasteiger partial charge in [0.25, 0.3) is 0 Å². The second-order valence-corrected chi connectivity index (χ2v) is 5.90. The van der Waals surface area contributed by atoms with Gasteiger partial charge in [-0.2, -0.15) is 15.5 Å². The summed E-state index contributed by atoms with van der Waals surface area (Å²) in [6.07, 6.45) is 5.08. The normalized spacial score (nSPS) is 10.8. The molecule has 0 N–H and O–H groups in total. The maximum Gasteiger partial charge on any atom is 0.174 e. The minimum absolute atomic E-state index is 0.0868. The minimum atomic E-state index is -0.0868. The van der Waals surface area contributed by atoms with Gasteiger partial charge in [-0.1, -0.05) is 6.07 Å². The van der Waals surface area contributed by atoms with Crippen molar-refractivity contribution in [2.75, 3.05) is 0 Å². The average Bonchev–Trinajstić information content (AvgIpc) is 3.25. The zero-order valence-corrected chi connectivity index (χ0v) is 14.0. The Morgan fingerprint density at radius 1 is 1.27 bits per heavy atom. The van der Waals surface area contributed by atoms with Gasteiger partial charge in [0, 0.05) is 12.4 Å². The maximum atomic E-state index is 12.8. The lowest BCUT2D eigenvalue weighted by Gasteiger charge is -2.07. The second-order valence-electron chi connectivity index (χ2n) is 5.90. The van der Waals surface area contributed by atoms with Crippen molar-refractivity contribution in [2.24, 2.45) is 0 Å². The number of rotatable bonds is 4. The van der Waals surface area contributed by atoms with Crippen LogP contribution < -0.4 is 0 Å². The number of carbonyl (C=O) groups is 1. The zero-order chi connectivity index (χ0) is 18.1. The molecule has 0 radical (unpaired) electrons. The topological polar surface area (TPSA) is 88.9 Å². The van der Waals surface area contributed by atoms with Crippen LogP contribution in [0.15, 0.2) is 55.0 Å². The molecule has 0 amide bonds. The Kier molecular flexibility index (Phi) is 3.78. The van der Waals surface area contributed by atoms with Crippen molar-refractivity contribution in [3.05, 3.63) is 77.5 Å². The van der Waals surface area contributed by atoms with Crippen molar-refractivity contribution in [3.8, 4) is 11.8 Å². The molecule has 0 unspecified atom stereocenters. The number of hydrogen-bond acceptors (Lipinski definition) is 5. The van der Waals surface area contributed by atoms with Crippen LogP contribution in [0.3, 0.4) is 0 Å². The highest BCUT2D eigenvalue weighted by Crippen LogP contribution is 2.17. The van der Waals surface area contributed by atoms with Crippen molar-refractivity contribution in [3.63, 3.8) is 0 Å². The summed E-state index contributed by atoms with van der Waals surface area (Å²) >= 11 is 0. The predicted molar refractivity (Wildman–Crippen MR) is 94.0 cm³/mol. The molecule has 4 rings (SSSR count). The molecule has 0 aliphatic carbocycles. The SMILES string of the molecule is Cc1cc(CC(=O)c2cnn3cccnc23)n(-c2cccc(C#N)c2)n1. The van der Waals surface area contributed by atoms with Crippen LogP contribution in [-0.4, -0.2) is 30.2 Å². The smallest absolute Gasteiger partial charge is 0.174 e. The van der Waals surface area contributed by atoms with Gasteiger partial charge in [0.05, 0.1) is 46.9 Å². The molecule has 0 fully saturated rings. The van der Waals surface area contributed by atoms with Gasteiger partial charge in [-0.15, -0.1) is 0 Å². The molecule has 4 aromatic rings. The van der Waals surface area contributed by atoms with Gasteiger partial charge in [0.2, 0.25) is 0 Å². The molecule has 0 bridgehead atoms. The average molecular weight is 342 g/mol. The molecule has 0 atom stereocenters. The van der Waals surface area contributed by atoms with Crippen molar-refractivity contribution in [2.45, 2.75) is 13.3 Å². The third-order valence-electron chi connectivity index (χ3n) is 4.05. The summed E-state index contributed by atoms with van der Waals surface area (Å²) in [5.74, 6) is -0.0868. The first-order chi connectivity index (χ1) is 12.7. The molecule has 0 aliphatic heterocycles. The summed E-state index contributed by atoms with van der Waals surface area (Å²) in [5, 5.41) is 17.7. The highest BCUT2D eigenvalue weighted by atomic mass is 16.1. The fourth-order valence-corrected chi connectivity index (χ4v) is 2.89. The van der Waals surface area contributed by atoms with Crippen LogP contribution in [0.5, 0.6) is 0 Å². The summed E-state index contributed by atoms with van der Waals surface area (Å²) in [6.45, 7) is 1.87. The number of carbonyl (C=O) groups excluding carboxylic acids is 1. The van der Waals surface area contributed by atoms with Gasteiger partial charge in [0.15, 0.2) is 11.4 Å². The van der Waals surface area contributed by atoms with Crippen LogP contribution in [0, 0.1) is 18.3 Å². The summed E-state index contributed by atoms with van der Waals surface area (Å²) in [4.78, 5) is 17.1. The quantitative estimate of drug-likeness (QED) is 0.532. The third kappa shape index (κ3) is 2.74. The standard InChI is InChI=1S/C19H14N6O/c1-13-8-16(25(23-13)15-5-2-4-14(9-15)11-20)10-18(26)17-12-22-24-7-3-6-21-19(17)24/h2-9,12H,10H2,1H3. The van der Waals surface area contributed by atoms with Crippen molar-refractivity contribution in [1.82, 2.24) is 24.4 Å². The highest BCUT2D eigenvalue weighted by Gasteiger charge is 2.18. The molecule has 7 nitrogen and oxygen atoms in total. The van der Waals surface area contributed by atoms with Gasteiger partial charge >= 0.3 is 0 Å².